The van der Waals surface area contributed by atoms with Crippen LogP contribution in [0.5, 0.6) is 0 Å². The molecule has 0 atom stereocenters. The van der Waals surface area contributed by atoms with Crippen molar-refractivity contribution in [2.24, 2.45) is 0 Å². The molecule has 3 rings (SSSR count). The van der Waals surface area contributed by atoms with Crippen LogP contribution in [0.15, 0.2) is 60.8 Å². The molecule has 10 heteroatoms. The average Bonchev–Trinajstić information content (AvgIpc) is 2.74. The fraction of sp³-hybridized carbons (Fsp3) is 0.0476. The molecule has 0 spiro atoms. The van der Waals surface area contributed by atoms with Crippen LogP contribution in [0.25, 0.3) is 0 Å². The summed E-state index contributed by atoms with van der Waals surface area (Å²) in [6, 6.07) is 12.0. The van der Waals surface area contributed by atoms with Gasteiger partial charge in [0.15, 0.2) is 6.61 Å². The molecule has 0 aliphatic carbocycles. The van der Waals surface area contributed by atoms with Gasteiger partial charge in [-0.3, -0.25) is 9.59 Å². The number of amides is 2. The number of nitrogens with one attached hydrogen (secondary N) is 2. The van der Waals surface area contributed by atoms with Crippen LogP contribution < -0.4 is 10.6 Å². The fourth-order valence-electron chi connectivity index (χ4n) is 2.43. The van der Waals surface area contributed by atoms with Crippen molar-refractivity contribution in [3.8, 4) is 0 Å². The first-order valence-corrected chi connectivity index (χ1v) is 9.52. The van der Waals surface area contributed by atoms with Crippen LogP contribution in [0.1, 0.15) is 20.7 Å². The van der Waals surface area contributed by atoms with Gasteiger partial charge in [-0.25, -0.2) is 14.2 Å². The molecule has 3 aromatic rings. The number of halogens is 3. The average molecular weight is 462 g/mol. The Kier molecular flexibility index (Phi) is 7.17. The number of benzene rings is 2. The molecule has 0 unspecified atom stereocenters. The van der Waals surface area contributed by atoms with Gasteiger partial charge in [0.25, 0.3) is 11.8 Å². The van der Waals surface area contributed by atoms with Gasteiger partial charge in [0.05, 0.1) is 16.3 Å². The molecular formula is C21H14Cl2FN3O4. The van der Waals surface area contributed by atoms with Crippen LogP contribution in [-0.2, 0) is 9.53 Å². The highest BCUT2D eigenvalue weighted by Gasteiger charge is 2.18. The second-order valence-corrected chi connectivity index (χ2v) is 7.01. The summed E-state index contributed by atoms with van der Waals surface area (Å²) in [5.74, 6) is -2.30. The number of carbonyl (C=O) groups is 3. The quantitative estimate of drug-likeness (QED) is 0.523. The Bertz CT molecular complexity index is 1120. The molecule has 0 saturated heterocycles. The lowest BCUT2D eigenvalue weighted by Gasteiger charge is -2.12. The summed E-state index contributed by atoms with van der Waals surface area (Å²) in [7, 11) is 0. The van der Waals surface area contributed by atoms with Crippen molar-refractivity contribution in [2.75, 3.05) is 17.2 Å². The zero-order valence-corrected chi connectivity index (χ0v) is 17.2. The van der Waals surface area contributed by atoms with Crippen LogP contribution in [0.4, 0.5) is 15.9 Å². The lowest BCUT2D eigenvalue weighted by molar-refractivity contribution is -0.119. The Morgan fingerprint density at radius 2 is 1.65 bits per heavy atom. The summed E-state index contributed by atoms with van der Waals surface area (Å²) in [5, 5.41) is 5.65. The molecule has 31 heavy (non-hydrogen) atoms. The lowest BCUT2D eigenvalue weighted by Crippen LogP contribution is -2.22. The van der Waals surface area contributed by atoms with Crippen LogP contribution in [0, 0.1) is 5.82 Å². The maximum absolute atomic E-state index is 13.1. The van der Waals surface area contributed by atoms with E-state index < -0.39 is 30.2 Å². The molecule has 0 saturated carbocycles. The number of ether oxygens (including phenoxy) is 1. The molecule has 7 nitrogen and oxygen atoms in total. The number of hydrogen-bond donors (Lipinski definition) is 2. The minimum atomic E-state index is -0.856. The number of rotatable bonds is 6. The molecule has 1 heterocycles. The maximum atomic E-state index is 13.1. The molecular weight excluding hydrogens is 448 g/mol. The zero-order valence-electron chi connectivity index (χ0n) is 15.7. The smallest absolute Gasteiger partial charge is 0.340 e. The van der Waals surface area contributed by atoms with Gasteiger partial charge in [-0.15, -0.1) is 0 Å². The monoisotopic (exact) mass is 461 g/mol. The minimum absolute atomic E-state index is 0.0164. The molecule has 0 radical (unpaired) electrons. The number of esters is 1. The van der Waals surface area contributed by atoms with E-state index in [0.29, 0.717) is 5.02 Å². The topological polar surface area (TPSA) is 97.4 Å². The van der Waals surface area contributed by atoms with Gasteiger partial charge < -0.3 is 15.4 Å². The van der Waals surface area contributed by atoms with E-state index in [-0.39, 0.29) is 27.7 Å². The zero-order chi connectivity index (χ0) is 22.4. The van der Waals surface area contributed by atoms with Crippen LogP contribution >= 0.6 is 23.2 Å². The van der Waals surface area contributed by atoms with Gasteiger partial charge in [-0.05, 0) is 54.6 Å². The van der Waals surface area contributed by atoms with E-state index in [0.717, 1.165) is 12.1 Å². The number of anilines is 2. The molecule has 0 aliphatic heterocycles. The van der Waals surface area contributed by atoms with Gasteiger partial charge in [0, 0.05) is 16.8 Å². The molecule has 0 aliphatic rings. The van der Waals surface area contributed by atoms with Crippen molar-refractivity contribution in [2.45, 2.75) is 0 Å². The van der Waals surface area contributed by atoms with Crippen molar-refractivity contribution in [3.05, 3.63) is 87.8 Å². The third-order valence-corrected chi connectivity index (χ3v) is 4.34. The molecule has 0 fully saturated rings. The fourth-order valence-corrected chi connectivity index (χ4v) is 2.72. The number of hydrogen-bond acceptors (Lipinski definition) is 5. The van der Waals surface area contributed by atoms with Crippen molar-refractivity contribution in [1.29, 1.82) is 0 Å². The second kappa shape index (κ2) is 10.0. The number of pyridine rings is 1. The molecule has 158 valence electrons. The maximum Gasteiger partial charge on any atom is 0.340 e. The third kappa shape index (κ3) is 6.24. The van der Waals surface area contributed by atoms with E-state index in [2.05, 4.69) is 15.6 Å². The van der Waals surface area contributed by atoms with E-state index in [1.165, 1.54) is 42.6 Å². The predicted octanol–water partition coefficient (Wildman–Crippen LogP) is 4.58. The first-order chi connectivity index (χ1) is 14.8. The number of nitrogens with zero attached hydrogens (tertiary/aromatic N) is 1. The number of aromatic nitrogens is 1. The number of carbonyl (C=O) groups excluding carboxylic acids is 3. The normalized spacial score (nSPS) is 10.3. The first-order valence-electron chi connectivity index (χ1n) is 8.77. The van der Waals surface area contributed by atoms with Gasteiger partial charge in [-0.2, -0.15) is 0 Å². The summed E-state index contributed by atoms with van der Waals surface area (Å²) >= 11 is 11.7. The molecule has 2 aromatic carbocycles. The van der Waals surface area contributed by atoms with Gasteiger partial charge >= 0.3 is 5.97 Å². The van der Waals surface area contributed by atoms with Gasteiger partial charge in [-0.1, -0.05) is 23.2 Å². The van der Waals surface area contributed by atoms with Gasteiger partial charge in [0.2, 0.25) is 0 Å². The SMILES string of the molecule is O=C(COC(=O)c1ccc(Cl)cc1NC(=O)c1ccc(F)cc1)Nc1ccc(Cl)cn1. The largest absolute Gasteiger partial charge is 0.452 e. The Morgan fingerprint density at radius 1 is 0.935 bits per heavy atom. The molecule has 0 bridgehead atoms. The first kappa shape index (κ1) is 22.2. The Labute approximate surface area is 186 Å². The lowest BCUT2D eigenvalue weighted by atomic mass is 10.1. The highest BCUT2D eigenvalue weighted by atomic mass is 35.5. The third-order valence-electron chi connectivity index (χ3n) is 3.89. The van der Waals surface area contributed by atoms with E-state index >= 15 is 0 Å². The summed E-state index contributed by atoms with van der Waals surface area (Å²) in [5.41, 5.74) is 0.236. The Balaban J connectivity index is 1.66. The van der Waals surface area contributed by atoms with E-state index in [9.17, 15) is 18.8 Å². The van der Waals surface area contributed by atoms with Crippen LogP contribution in [0.2, 0.25) is 10.0 Å². The molecule has 1 aromatic heterocycles. The van der Waals surface area contributed by atoms with Crippen LogP contribution in [0.3, 0.4) is 0 Å². The van der Waals surface area contributed by atoms with E-state index in [4.69, 9.17) is 27.9 Å². The van der Waals surface area contributed by atoms with Crippen molar-refractivity contribution in [3.63, 3.8) is 0 Å². The summed E-state index contributed by atoms with van der Waals surface area (Å²) in [6.07, 6.45) is 1.35. The summed E-state index contributed by atoms with van der Waals surface area (Å²) in [4.78, 5) is 40.7. The summed E-state index contributed by atoms with van der Waals surface area (Å²) < 4.78 is 18.1. The van der Waals surface area contributed by atoms with Gasteiger partial charge in [0.1, 0.15) is 11.6 Å². The van der Waals surface area contributed by atoms with Crippen molar-refractivity contribution in [1.82, 2.24) is 4.98 Å². The van der Waals surface area contributed by atoms with Crippen molar-refractivity contribution < 1.29 is 23.5 Å². The molecule has 2 N–H and O–H groups in total. The summed E-state index contributed by atoms with van der Waals surface area (Å²) in [6.45, 7) is -0.586. The molecule has 2 amide bonds. The van der Waals surface area contributed by atoms with E-state index in [1.54, 1.807) is 6.07 Å². The van der Waals surface area contributed by atoms with E-state index in [1.807, 2.05) is 0 Å². The standard InChI is InChI=1S/C21H14Cl2FN3O4/c22-13-3-7-16(17(9-13)26-20(29)12-1-5-15(24)6-2-12)21(30)31-11-19(28)27-18-8-4-14(23)10-25-18/h1-10H,11H2,(H,26,29)(H,25,27,28). The minimum Gasteiger partial charge on any atom is -0.452 e. The highest BCUT2D eigenvalue weighted by Crippen LogP contribution is 2.23. The Morgan fingerprint density at radius 3 is 2.32 bits per heavy atom. The highest BCUT2D eigenvalue weighted by molar-refractivity contribution is 6.31. The second-order valence-electron chi connectivity index (χ2n) is 6.14. The van der Waals surface area contributed by atoms with Crippen LogP contribution in [-0.4, -0.2) is 29.4 Å². The van der Waals surface area contributed by atoms with Crippen molar-refractivity contribution >= 4 is 52.5 Å². The Hall–Kier alpha value is -3.49. The predicted molar refractivity (Wildman–Crippen MR) is 114 cm³/mol.